The predicted octanol–water partition coefficient (Wildman–Crippen LogP) is 4.47. The Balaban J connectivity index is 1.29. The average Bonchev–Trinajstić information content (AvgIpc) is 3.27. The second-order valence-corrected chi connectivity index (χ2v) is 9.17. The van der Waals surface area contributed by atoms with E-state index in [1.165, 1.54) is 28.7 Å². The van der Waals surface area contributed by atoms with Crippen LogP contribution in [0.15, 0.2) is 60.9 Å². The number of carbonyl (C=O) groups excluding carboxylic acids is 2. The van der Waals surface area contributed by atoms with Crippen molar-refractivity contribution in [1.29, 1.82) is 0 Å². The molecule has 0 saturated carbocycles. The number of nitrogens with zero attached hydrogens (tertiary/aromatic N) is 2. The fraction of sp³-hybridized carbons (Fsp3) is 0.385. The minimum atomic E-state index is -4.48. The number of halogens is 3. The van der Waals surface area contributed by atoms with Crippen molar-refractivity contribution in [2.45, 2.75) is 57.4 Å². The second-order valence-electron chi connectivity index (χ2n) is 9.17. The van der Waals surface area contributed by atoms with Gasteiger partial charge < -0.3 is 15.2 Å². The molecule has 2 aliphatic rings. The van der Waals surface area contributed by atoms with Gasteiger partial charge in [0.2, 0.25) is 5.91 Å². The third kappa shape index (κ3) is 5.67. The van der Waals surface area contributed by atoms with E-state index in [-0.39, 0.29) is 43.1 Å². The highest BCUT2D eigenvalue weighted by molar-refractivity contribution is 5.85. The van der Waals surface area contributed by atoms with E-state index in [0.717, 1.165) is 11.6 Å². The summed E-state index contributed by atoms with van der Waals surface area (Å²) in [6.07, 6.45) is -0.484. The summed E-state index contributed by atoms with van der Waals surface area (Å²) >= 11 is 0. The molecule has 0 radical (unpaired) electrons. The predicted molar refractivity (Wildman–Crippen MR) is 125 cm³/mol. The Morgan fingerprint density at radius 1 is 1.11 bits per heavy atom. The topological polar surface area (TPSA) is 64.7 Å². The van der Waals surface area contributed by atoms with Crippen molar-refractivity contribution in [1.82, 2.24) is 20.7 Å². The maximum absolute atomic E-state index is 13.1. The fourth-order valence-electron chi connectivity index (χ4n) is 4.41. The van der Waals surface area contributed by atoms with E-state index in [1.807, 2.05) is 0 Å². The molecule has 6 nitrogen and oxygen atoms in total. The van der Waals surface area contributed by atoms with Crippen LogP contribution in [0.1, 0.15) is 60.9 Å². The van der Waals surface area contributed by atoms with E-state index in [9.17, 15) is 22.8 Å². The van der Waals surface area contributed by atoms with E-state index < -0.39 is 17.6 Å². The molecule has 2 N–H and O–H groups in total. The van der Waals surface area contributed by atoms with E-state index in [2.05, 4.69) is 48.9 Å². The lowest BCUT2D eigenvalue weighted by molar-refractivity contribution is -0.138. The molecule has 2 aromatic rings. The number of benzene rings is 2. The monoisotopic (exact) mass is 486 g/mol. The van der Waals surface area contributed by atoms with Crippen LogP contribution < -0.4 is 10.7 Å². The van der Waals surface area contributed by atoms with Crippen molar-refractivity contribution in [2.75, 3.05) is 6.54 Å². The number of hydrazine groups is 1. The van der Waals surface area contributed by atoms with Crippen molar-refractivity contribution in [2.24, 2.45) is 0 Å². The van der Waals surface area contributed by atoms with Crippen LogP contribution >= 0.6 is 0 Å². The summed E-state index contributed by atoms with van der Waals surface area (Å²) in [6, 6.07) is 13.2. The van der Waals surface area contributed by atoms with Gasteiger partial charge in [-0.3, -0.25) is 9.59 Å². The highest BCUT2D eigenvalue weighted by Gasteiger charge is 2.40. The molecule has 2 unspecified atom stereocenters. The molecule has 2 heterocycles. The molecule has 0 aliphatic carbocycles. The Morgan fingerprint density at radius 2 is 1.83 bits per heavy atom. The molecule has 2 aliphatic heterocycles. The summed E-state index contributed by atoms with van der Waals surface area (Å²) in [6.45, 7) is 4.21. The quantitative estimate of drug-likeness (QED) is 0.606. The summed E-state index contributed by atoms with van der Waals surface area (Å²) in [5.41, 5.74) is 4.96. The highest BCUT2D eigenvalue weighted by Crippen LogP contribution is 2.32. The van der Waals surface area contributed by atoms with Crippen LogP contribution in [0.25, 0.3) is 0 Å². The molecular formula is C26H29F3N4O2. The van der Waals surface area contributed by atoms with Gasteiger partial charge in [0.15, 0.2) is 0 Å². The van der Waals surface area contributed by atoms with Crippen LogP contribution in [0, 0.1) is 0 Å². The van der Waals surface area contributed by atoms with E-state index in [4.69, 9.17) is 0 Å². The van der Waals surface area contributed by atoms with Gasteiger partial charge in [0.25, 0.3) is 5.91 Å². The van der Waals surface area contributed by atoms with Crippen molar-refractivity contribution in [3.8, 4) is 0 Å². The van der Waals surface area contributed by atoms with Crippen LogP contribution in [0.5, 0.6) is 0 Å². The number of alkyl halides is 3. The molecule has 0 spiro atoms. The van der Waals surface area contributed by atoms with Gasteiger partial charge in [-0.05, 0) is 35.1 Å². The Morgan fingerprint density at radius 3 is 2.51 bits per heavy atom. The van der Waals surface area contributed by atoms with Crippen LogP contribution in [-0.2, 0) is 22.3 Å². The van der Waals surface area contributed by atoms with Gasteiger partial charge in [0.1, 0.15) is 6.04 Å². The first-order valence-electron chi connectivity index (χ1n) is 11.7. The minimum absolute atomic E-state index is 0.00225. The number of nitrogens with one attached hydrogen (secondary N) is 2. The molecular weight excluding hydrogens is 457 g/mol. The van der Waals surface area contributed by atoms with Crippen molar-refractivity contribution < 1.29 is 22.8 Å². The van der Waals surface area contributed by atoms with Crippen molar-refractivity contribution >= 4 is 11.8 Å². The van der Waals surface area contributed by atoms with Crippen LogP contribution in [0.3, 0.4) is 0 Å². The zero-order valence-corrected chi connectivity index (χ0v) is 19.7. The lowest BCUT2D eigenvalue weighted by atomic mass is 9.97. The summed E-state index contributed by atoms with van der Waals surface area (Å²) in [5, 5.41) is 4.33. The maximum atomic E-state index is 13.1. The smallest absolute Gasteiger partial charge is 0.352 e. The molecule has 0 bridgehead atoms. The number of amides is 2. The summed E-state index contributed by atoms with van der Waals surface area (Å²) < 4.78 is 39.4. The third-order valence-corrected chi connectivity index (χ3v) is 6.46. The van der Waals surface area contributed by atoms with Crippen LogP contribution in [-0.4, -0.2) is 34.3 Å². The number of fused-ring (bicyclic) bond motifs is 1. The van der Waals surface area contributed by atoms with E-state index >= 15 is 0 Å². The molecule has 1 fully saturated rings. The number of rotatable bonds is 7. The third-order valence-electron chi connectivity index (χ3n) is 6.46. The largest absolute Gasteiger partial charge is 0.416 e. The van der Waals surface area contributed by atoms with Crippen LogP contribution in [0.2, 0.25) is 0 Å². The number of hydrogen-bond acceptors (Lipinski definition) is 4. The number of hydrogen-bond donors (Lipinski definition) is 2. The molecule has 0 aromatic heterocycles. The molecule has 2 amide bonds. The highest BCUT2D eigenvalue weighted by atomic mass is 19.4. The molecule has 4 rings (SSSR count). The summed E-state index contributed by atoms with van der Waals surface area (Å²) in [5.74, 6) is -0.0867. The molecule has 186 valence electrons. The zero-order chi connectivity index (χ0) is 25.2. The van der Waals surface area contributed by atoms with Gasteiger partial charge in [-0.2, -0.15) is 13.2 Å². The molecule has 1 saturated heterocycles. The molecule has 9 heteroatoms. The lowest BCUT2D eigenvalue weighted by Crippen LogP contribution is -2.48. The molecule has 2 aromatic carbocycles. The summed E-state index contributed by atoms with van der Waals surface area (Å²) in [7, 11) is 0. The first-order chi connectivity index (χ1) is 16.6. The van der Waals surface area contributed by atoms with Gasteiger partial charge in [-0.15, -0.1) is 0 Å². The number of carbonyl (C=O) groups is 2. The Bertz CT molecular complexity index is 1100. The van der Waals surface area contributed by atoms with E-state index in [1.54, 1.807) is 17.4 Å². The van der Waals surface area contributed by atoms with Gasteiger partial charge in [-0.1, -0.05) is 56.3 Å². The molecule has 2 atom stereocenters. The maximum Gasteiger partial charge on any atom is 0.416 e. The van der Waals surface area contributed by atoms with Gasteiger partial charge in [0, 0.05) is 31.9 Å². The van der Waals surface area contributed by atoms with Gasteiger partial charge >= 0.3 is 6.18 Å². The zero-order valence-electron chi connectivity index (χ0n) is 19.7. The normalized spacial score (nSPS) is 19.9. The first kappa shape index (κ1) is 24.8. The van der Waals surface area contributed by atoms with Gasteiger partial charge in [-0.25, -0.2) is 5.43 Å². The minimum Gasteiger partial charge on any atom is -0.352 e. The summed E-state index contributed by atoms with van der Waals surface area (Å²) in [4.78, 5) is 26.8. The Labute approximate surface area is 202 Å². The van der Waals surface area contributed by atoms with Crippen molar-refractivity contribution in [3.63, 3.8) is 0 Å². The fourth-order valence-corrected chi connectivity index (χ4v) is 4.41. The first-order valence-corrected chi connectivity index (χ1v) is 11.7. The average molecular weight is 487 g/mol. The van der Waals surface area contributed by atoms with E-state index in [0.29, 0.717) is 12.3 Å². The standard InChI is InChI=1S/C26H29F3N4O2/c1-17(2)18-7-9-19(10-8-18)22-15-23-25(35)32(13-14-33(23)31-22)12-11-24(34)30-16-20-5-3-4-6-21(20)26(27,28)29/h3-10,13-14,17,22-23,31H,11-12,15-16H2,1-2H3,(H,30,34). The SMILES string of the molecule is CC(C)c1ccc(C2CC3C(=O)N(CCC(=O)NCc4ccccc4C(F)(F)F)C=CN3N2)cc1. The second kappa shape index (κ2) is 10.1. The van der Waals surface area contributed by atoms with Gasteiger partial charge in [0.05, 0.1) is 11.6 Å². The van der Waals surface area contributed by atoms with Crippen molar-refractivity contribution in [3.05, 3.63) is 83.2 Å². The van der Waals surface area contributed by atoms with Crippen LogP contribution in [0.4, 0.5) is 13.2 Å². The molecule has 35 heavy (non-hydrogen) atoms. The Kier molecular flexibility index (Phi) is 7.16. The Hall–Kier alpha value is -3.33. The lowest BCUT2D eigenvalue weighted by Gasteiger charge is -2.31.